The average molecular weight is 487 g/mol. The molecular formula is C24H23ClN2O5S. The summed E-state index contributed by atoms with van der Waals surface area (Å²) < 4.78 is 39.1. The van der Waals surface area contributed by atoms with Crippen LogP contribution in [0, 0.1) is 0 Å². The van der Waals surface area contributed by atoms with Gasteiger partial charge < -0.3 is 14.8 Å². The molecule has 0 radical (unpaired) electrons. The van der Waals surface area contributed by atoms with E-state index in [1.165, 1.54) is 4.31 Å². The minimum Gasteiger partial charge on any atom is -0.492 e. The number of benzene rings is 3. The number of fused-ring (bicyclic) bond motifs is 1. The van der Waals surface area contributed by atoms with Crippen LogP contribution in [0.15, 0.2) is 78.9 Å². The van der Waals surface area contributed by atoms with Crippen molar-refractivity contribution in [3.05, 3.63) is 89.4 Å². The van der Waals surface area contributed by atoms with Gasteiger partial charge in [0, 0.05) is 5.02 Å². The molecule has 1 aliphatic rings. The van der Waals surface area contributed by atoms with Crippen LogP contribution in [-0.4, -0.2) is 40.1 Å². The second kappa shape index (κ2) is 10.1. The summed E-state index contributed by atoms with van der Waals surface area (Å²) in [7, 11) is -3.74. The first-order valence-electron chi connectivity index (χ1n) is 10.4. The Morgan fingerprint density at radius 3 is 2.48 bits per heavy atom. The third kappa shape index (κ3) is 5.77. The average Bonchev–Trinajstić information content (AvgIpc) is 2.82. The van der Waals surface area contributed by atoms with Crippen molar-refractivity contribution in [3.63, 3.8) is 0 Å². The first kappa shape index (κ1) is 22.9. The molecule has 1 atom stereocenters. The summed E-state index contributed by atoms with van der Waals surface area (Å²) in [4.78, 5) is 12.8. The van der Waals surface area contributed by atoms with Crippen LogP contribution in [0.25, 0.3) is 0 Å². The van der Waals surface area contributed by atoms with Crippen LogP contribution in [0.3, 0.4) is 0 Å². The molecule has 0 aliphatic carbocycles. The Labute approximate surface area is 197 Å². The van der Waals surface area contributed by atoms with E-state index in [0.29, 0.717) is 27.8 Å². The molecule has 33 heavy (non-hydrogen) atoms. The van der Waals surface area contributed by atoms with Gasteiger partial charge in [-0.15, -0.1) is 0 Å². The van der Waals surface area contributed by atoms with Crippen LogP contribution < -0.4 is 19.1 Å². The van der Waals surface area contributed by atoms with E-state index in [-0.39, 0.29) is 25.4 Å². The molecule has 4 rings (SSSR count). The number of halogens is 1. The standard InChI is InChI=1S/C24H23ClN2O5S/c25-19-10-12-20(13-11-19)31-15-14-26-24(28)23-16-27(21-8-4-5-9-22(21)32-23)33(29,30)17-18-6-2-1-3-7-18/h1-13,23H,14-17H2,(H,26,28)/t23-/m1/s1. The summed E-state index contributed by atoms with van der Waals surface area (Å²) in [5.41, 5.74) is 1.09. The topological polar surface area (TPSA) is 84.9 Å². The van der Waals surface area contributed by atoms with Gasteiger partial charge in [0.25, 0.3) is 5.91 Å². The Balaban J connectivity index is 1.42. The summed E-state index contributed by atoms with van der Waals surface area (Å²) in [6.45, 7) is 0.364. The molecule has 1 heterocycles. The fraction of sp³-hybridized carbons (Fsp3) is 0.208. The lowest BCUT2D eigenvalue weighted by Crippen LogP contribution is -2.51. The number of anilines is 1. The Morgan fingerprint density at radius 2 is 1.73 bits per heavy atom. The quantitative estimate of drug-likeness (QED) is 0.491. The Bertz CT molecular complexity index is 1200. The number of para-hydroxylation sites is 2. The Kier molecular flexibility index (Phi) is 7.05. The zero-order valence-electron chi connectivity index (χ0n) is 17.7. The van der Waals surface area contributed by atoms with E-state index < -0.39 is 22.0 Å². The van der Waals surface area contributed by atoms with Crippen LogP contribution >= 0.6 is 11.6 Å². The number of carbonyl (C=O) groups is 1. The summed E-state index contributed by atoms with van der Waals surface area (Å²) in [6.07, 6.45) is -0.985. The summed E-state index contributed by atoms with van der Waals surface area (Å²) >= 11 is 5.85. The van der Waals surface area contributed by atoms with Crippen molar-refractivity contribution in [1.29, 1.82) is 0 Å². The van der Waals surface area contributed by atoms with Crippen molar-refractivity contribution >= 4 is 33.2 Å². The minimum absolute atomic E-state index is 0.115. The zero-order chi connectivity index (χ0) is 23.3. The number of ether oxygens (including phenoxy) is 2. The third-order valence-electron chi connectivity index (χ3n) is 5.04. The molecule has 3 aromatic carbocycles. The van der Waals surface area contributed by atoms with E-state index in [2.05, 4.69) is 5.32 Å². The molecule has 0 aromatic heterocycles. The molecule has 3 aromatic rings. The SMILES string of the molecule is O=C(NCCOc1ccc(Cl)cc1)[C@H]1CN(S(=O)(=O)Cc2ccccc2)c2ccccc2O1. The summed E-state index contributed by atoms with van der Waals surface area (Å²) in [6, 6.07) is 22.6. The molecule has 0 spiro atoms. The first-order chi connectivity index (χ1) is 15.9. The van der Waals surface area contributed by atoms with Crippen molar-refractivity contribution in [3.8, 4) is 11.5 Å². The van der Waals surface area contributed by atoms with E-state index in [1.807, 2.05) is 6.07 Å². The number of rotatable bonds is 8. The number of sulfonamides is 1. The predicted molar refractivity (Wildman–Crippen MR) is 127 cm³/mol. The normalized spacial score (nSPS) is 15.3. The minimum atomic E-state index is -3.74. The maximum atomic E-state index is 13.2. The monoisotopic (exact) mass is 486 g/mol. The number of nitrogens with one attached hydrogen (secondary N) is 1. The Hall–Kier alpha value is -3.23. The van der Waals surface area contributed by atoms with E-state index in [9.17, 15) is 13.2 Å². The predicted octanol–water partition coefficient (Wildman–Crippen LogP) is 3.63. The van der Waals surface area contributed by atoms with Crippen molar-refractivity contribution in [1.82, 2.24) is 5.32 Å². The molecule has 9 heteroatoms. The van der Waals surface area contributed by atoms with Gasteiger partial charge in [-0.25, -0.2) is 8.42 Å². The van der Waals surface area contributed by atoms with Crippen LogP contribution in [-0.2, 0) is 20.6 Å². The van der Waals surface area contributed by atoms with Gasteiger partial charge in [-0.2, -0.15) is 0 Å². The van der Waals surface area contributed by atoms with Gasteiger partial charge in [-0.3, -0.25) is 9.10 Å². The molecule has 7 nitrogen and oxygen atoms in total. The molecule has 1 amide bonds. The highest BCUT2D eigenvalue weighted by Crippen LogP contribution is 2.35. The molecule has 0 bridgehead atoms. The molecular weight excluding hydrogens is 464 g/mol. The van der Waals surface area contributed by atoms with Crippen LogP contribution in [0.1, 0.15) is 5.56 Å². The fourth-order valence-corrected chi connectivity index (χ4v) is 5.16. The number of nitrogens with zero attached hydrogens (tertiary/aromatic N) is 1. The second-order valence-electron chi connectivity index (χ2n) is 7.44. The Morgan fingerprint density at radius 1 is 1.03 bits per heavy atom. The van der Waals surface area contributed by atoms with Crippen LogP contribution in [0.5, 0.6) is 11.5 Å². The number of hydrogen-bond acceptors (Lipinski definition) is 5. The lowest BCUT2D eigenvalue weighted by molar-refractivity contribution is -0.127. The van der Waals surface area contributed by atoms with Gasteiger partial charge in [-0.1, -0.05) is 54.1 Å². The summed E-state index contributed by atoms with van der Waals surface area (Å²) in [5, 5.41) is 3.36. The maximum Gasteiger partial charge on any atom is 0.263 e. The molecule has 0 unspecified atom stereocenters. The summed E-state index contributed by atoms with van der Waals surface area (Å²) in [5.74, 6) is 0.391. The van der Waals surface area contributed by atoms with E-state index in [1.54, 1.807) is 72.8 Å². The zero-order valence-corrected chi connectivity index (χ0v) is 19.3. The highest BCUT2D eigenvalue weighted by Gasteiger charge is 2.36. The van der Waals surface area contributed by atoms with Crippen molar-refractivity contribution < 1.29 is 22.7 Å². The third-order valence-corrected chi connectivity index (χ3v) is 7.01. The molecule has 1 aliphatic heterocycles. The van der Waals surface area contributed by atoms with Gasteiger partial charge in [-0.05, 0) is 42.0 Å². The van der Waals surface area contributed by atoms with E-state index in [4.69, 9.17) is 21.1 Å². The molecule has 0 saturated heterocycles. The highest BCUT2D eigenvalue weighted by molar-refractivity contribution is 7.92. The second-order valence-corrected chi connectivity index (χ2v) is 9.77. The number of carbonyl (C=O) groups excluding carboxylic acids is 1. The number of amides is 1. The van der Waals surface area contributed by atoms with Crippen LogP contribution in [0.4, 0.5) is 5.69 Å². The molecule has 172 valence electrons. The lowest BCUT2D eigenvalue weighted by Gasteiger charge is -2.34. The van der Waals surface area contributed by atoms with Gasteiger partial charge >= 0.3 is 0 Å². The van der Waals surface area contributed by atoms with Gasteiger partial charge in [0.15, 0.2) is 6.10 Å². The maximum absolute atomic E-state index is 13.2. The molecule has 0 saturated carbocycles. The first-order valence-corrected chi connectivity index (χ1v) is 12.4. The highest BCUT2D eigenvalue weighted by atomic mass is 35.5. The van der Waals surface area contributed by atoms with Crippen molar-refractivity contribution in [2.45, 2.75) is 11.9 Å². The molecule has 0 fully saturated rings. The van der Waals surface area contributed by atoms with Gasteiger partial charge in [0.05, 0.1) is 24.5 Å². The van der Waals surface area contributed by atoms with E-state index >= 15 is 0 Å². The smallest absolute Gasteiger partial charge is 0.263 e. The van der Waals surface area contributed by atoms with Gasteiger partial charge in [0.2, 0.25) is 10.0 Å². The lowest BCUT2D eigenvalue weighted by atomic mass is 10.2. The fourth-order valence-electron chi connectivity index (χ4n) is 3.45. The largest absolute Gasteiger partial charge is 0.492 e. The van der Waals surface area contributed by atoms with Gasteiger partial charge in [0.1, 0.15) is 18.1 Å². The number of hydrogen-bond donors (Lipinski definition) is 1. The van der Waals surface area contributed by atoms with Crippen molar-refractivity contribution in [2.24, 2.45) is 0 Å². The van der Waals surface area contributed by atoms with E-state index in [0.717, 1.165) is 0 Å². The van der Waals surface area contributed by atoms with Crippen LogP contribution in [0.2, 0.25) is 5.02 Å². The van der Waals surface area contributed by atoms with Crippen molar-refractivity contribution in [2.75, 3.05) is 24.0 Å². The molecule has 1 N–H and O–H groups in total.